The summed E-state index contributed by atoms with van der Waals surface area (Å²) in [4.78, 5) is 0. The van der Waals surface area contributed by atoms with Gasteiger partial charge in [0, 0.05) is 0 Å². The van der Waals surface area contributed by atoms with Crippen molar-refractivity contribution in [1.29, 1.82) is 0 Å². The van der Waals surface area contributed by atoms with Crippen LogP contribution in [0, 0.1) is 35.0 Å². The van der Waals surface area contributed by atoms with Crippen molar-refractivity contribution in [2.45, 2.75) is 77.2 Å². The lowest BCUT2D eigenvalue weighted by molar-refractivity contribution is -0.0809. The van der Waals surface area contributed by atoms with Crippen LogP contribution < -0.4 is 0 Å². The Labute approximate surface area is 118 Å². The van der Waals surface area contributed by atoms with Crippen LogP contribution in [-0.4, -0.2) is 11.2 Å². The van der Waals surface area contributed by atoms with Crippen LogP contribution in [0.15, 0.2) is 0 Å². The van der Waals surface area contributed by atoms with E-state index in [1.807, 2.05) is 0 Å². The first-order chi connectivity index (χ1) is 9.20. The lowest BCUT2D eigenvalue weighted by Gasteiger charge is -2.55. The van der Waals surface area contributed by atoms with E-state index in [4.69, 9.17) is 0 Å². The van der Waals surface area contributed by atoms with Gasteiger partial charge in [-0.15, -0.1) is 0 Å². The minimum Gasteiger partial charge on any atom is -0.393 e. The zero-order valence-corrected chi connectivity index (χ0v) is 12.5. The van der Waals surface area contributed by atoms with Crippen molar-refractivity contribution >= 4 is 0 Å². The molecule has 0 amide bonds. The third-order valence-corrected chi connectivity index (χ3v) is 7.83. The normalized spacial score (nSPS) is 57.2. The predicted octanol–water partition coefficient (Wildman–Crippen LogP) is 4.39. The van der Waals surface area contributed by atoms with Crippen LogP contribution >= 0.6 is 0 Å². The summed E-state index contributed by atoms with van der Waals surface area (Å²) in [5.74, 6) is 4.99. The monoisotopic (exact) mass is 262 g/mol. The summed E-state index contributed by atoms with van der Waals surface area (Å²) < 4.78 is 0. The molecule has 108 valence electrons. The van der Waals surface area contributed by atoms with Gasteiger partial charge in [-0.2, -0.15) is 0 Å². The highest BCUT2D eigenvalue weighted by Crippen LogP contribution is 2.62. The lowest BCUT2D eigenvalue weighted by atomic mass is 9.50. The highest BCUT2D eigenvalue weighted by Gasteiger charge is 2.56. The second-order valence-corrected chi connectivity index (χ2v) is 8.36. The molecule has 0 aromatic heterocycles. The molecule has 0 aliphatic heterocycles. The van der Waals surface area contributed by atoms with E-state index in [0.29, 0.717) is 0 Å². The topological polar surface area (TPSA) is 20.2 Å². The summed E-state index contributed by atoms with van der Waals surface area (Å²) in [6, 6.07) is 0. The molecule has 0 radical (unpaired) electrons. The molecule has 0 spiro atoms. The van der Waals surface area contributed by atoms with E-state index >= 15 is 0 Å². The number of rotatable bonds is 0. The molecule has 0 aromatic carbocycles. The smallest absolute Gasteiger partial charge is 0.0596 e. The zero-order valence-electron chi connectivity index (χ0n) is 12.5. The first kappa shape index (κ1) is 12.7. The van der Waals surface area contributed by atoms with Crippen molar-refractivity contribution in [2.75, 3.05) is 0 Å². The van der Waals surface area contributed by atoms with Crippen molar-refractivity contribution in [3.63, 3.8) is 0 Å². The summed E-state index contributed by atoms with van der Waals surface area (Å²) in [6.07, 6.45) is 14.2. The van der Waals surface area contributed by atoms with Gasteiger partial charge < -0.3 is 5.11 Å². The molecule has 4 fully saturated rings. The van der Waals surface area contributed by atoms with Crippen LogP contribution in [0.1, 0.15) is 71.1 Å². The Morgan fingerprint density at radius 3 is 2.53 bits per heavy atom. The van der Waals surface area contributed by atoms with Crippen LogP contribution in [0.4, 0.5) is 0 Å². The largest absolute Gasteiger partial charge is 0.393 e. The molecule has 4 aliphatic carbocycles. The molecule has 1 heteroatoms. The van der Waals surface area contributed by atoms with Gasteiger partial charge in [-0.25, -0.2) is 0 Å². The van der Waals surface area contributed by atoms with Gasteiger partial charge in [-0.1, -0.05) is 26.2 Å². The Hall–Kier alpha value is -0.0400. The maximum absolute atomic E-state index is 10.4. The first-order valence-corrected chi connectivity index (χ1v) is 8.88. The quantitative estimate of drug-likeness (QED) is 0.686. The maximum Gasteiger partial charge on any atom is 0.0596 e. The van der Waals surface area contributed by atoms with Gasteiger partial charge in [-0.05, 0) is 80.0 Å². The molecule has 0 aromatic rings. The Bertz CT molecular complexity index is 352. The van der Waals surface area contributed by atoms with Gasteiger partial charge in [0.05, 0.1) is 6.10 Å². The van der Waals surface area contributed by atoms with Crippen molar-refractivity contribution in [2.24, 2.45) is 35.0 Å². The molecule has 7 unspecified atom stereocenters. The zero-order chi connectivity index (χ0) is 13.0. The van der Waals surface area contributed by atoms with Crippen LogP contribution in [-0.2, 0) is 0 Å². The van der Waals surface area contributed by atoms with Crippen LogP contribution in [0.3, 0.4) is 0 Å². The molecule has 1 nitrogen and oxygen atoms in total. The van der Waals surface area contributed by atoms with E-state index in [-0.39, 0.29) is 11.5 Å². The highest BCUT2D eigenvalue weighted by atomic mass is 16.3. The summed E-state index contributed by atoms with van der Waals surface area (Å²) >= 11 is 0. The van der Waals surface area contributed by atoms with Gasteiger partial charge >= 0.3 is 0 Å². The number of fused-ring (bicyclic) bond motifs is 5. The second kappa shape index (κ2) is 4.48. The Balaban J connectivity index is 1.59. The van der Waals surface area contributed by atoms with Gasteiger partial charge in [0.1, 0.15) is 0 Å². The molecule has 0 heterocycles. The number of aliphatic hydroxyl groups excluding tert-OH is 1. The predicted molar refractivity (Wildman–Crippen MR) is 77.7 cm³/mol. The summed E-state index contributed by atoms with van der Waals surface area (Å²) in [7, 11) is 0. The summed E-state index contributed by atoms with van der Waals surface area (Å²) in [5.41, 5.74) is 0.280. The third-order valence-electron chi connectivity index (χ3n) is 7.83. The summed E-state index contributed by atoms with van der Waals surface area (Å²) in [6.45, 7) is 2.40. The SMILES string of the molecule is CC12CCC3C4CCCCC4CCC3C1CCC2O. The van der Waals surface area contributed by atoms with E-state index in [0.717, 1.165) is 36.0 Å². The van der Waals surface area contributed by atoms with Gasteiger partial charge in [-0.3, -0.25) is 0 Å². The molecule has 4 aliphatic rings. The van der Waals surface area contributed by atoms with Crippen molar-refractivity contribution in [1.82, 2.24) is 0 Å². The maximum atomic E-state index is 10.4. The molecule has 4 saturated carbocycles. The fraction of sp³-hybridized carbons (Fsp3) is 1.00. The summed E-state index contributed by atoms with van der Waals surface area (Å²) in [5, 5.41) is 10.4. The minimum absolute atomic E-state index is 0.00234. The Morgan fingerprint density at radius 1 is 0.789 bits per heavy atom. The van der Waals surface area contributed by atoms with Gasteiger partial charge in [0.2, 0.25) is 0 Å². The minimum atomic E-state index is 0.00234. The number of hydrogen-bond acceptors (Lipinski definition) is 1. The second-order valence-electron chi connectivity index (χ2n) is 8.36. The molecular weight excluding hydrogens is 232 g/mol. The Morgan fingerprint density at radius 2 is 1.63 bits per heavy atom. The molecular formula is C18H30O. The fourth-order valence-corrected chi connectivity index (χ4v) is 6.80. The molecule has 7 atom stereocenters. The third kappa shape index (κ3) is 1.76. The van der Waals surface area contributed by atoms with E-state index in [2.05, 4.69) is 6.92 Å². The number of aliphatic hydroxyl groups is 1. The average Bonchev–Trinajstić information content (AvgIpc) is 2.75. The first-order valence-electron chi connectivity index (χ1n) is 8.88. The van der Waals surface area contributed by atoms with Crippen molar-refractivity contribution in [3.8, 4) is 0 Å². The van der Waals surface area contributed by atoms with Crippen molar-refractivity contribution in [3.05, 3.63) is 0 Å². The van der Waals surface area contributed by atoms with E-state index < -0.39 is 0 Å². The average molecular weight is 262 g/mol. The van der Waals surface area contributed by atoms with Gasteiger partial charge in [0.25, 0.3) is 0 Å². The van der Waals surface area contributed by atoms with Crippen LogP contribution in [0.25, 0.3) is 0 Å². The fourth-order valence-electron chi connectivity index (χ4n) is 6.80. The molecule has 0 saturated heterocycles. The van der Waals surface area contributed by atoms with E-state index in [1.54, 1.807) is 0 Å². The highest BCUT2D eigenvalue weighted by molar-refractivity contribution is 5.05. The van der Waals surface area contributed by atoms with Crippen LogP contribution in [0.2, 0.25) is 0 Å². The molecule has 4 rings (SSSR count). The molecule has 1 N–H and O–H groups in total. The van der Waals surface area contributed by atoms with E-state index in [9.17, 15) is 5.11 Å². The molecule has 0 bridgehead atoms. The standard InChI is InChI=1S/C18H30O/c1-18-11-10-14-13-5-3-2-4-12(13)6-7-15(14)16(18)8-9-17(18)19/h12-17,19H,2-11H2,1H3. The Kier molecular flexibility index (Phi) is 2.99. The molecule has 19 heavy (non-hydrogen) atoms. The van der Waals surface area contributed by atoms with Gasteiger partial charge in [0.15, 0.2) is 0 Å². The number of hydrogen-bond donors (Lipinski definition) is 1. The van der Waals surface area contributed by atoms with Crippen LogP contribution in [0.5, 0.6) is 0 Å². The lowest BCUT2D eigenvalue weighted by Crippen LogP contribution is -2.48. The van der Waals surface area contributed by atoms with E-state index in [1.165, 1.54) is 57.8 Å². The van der Waals surface area contributed by atoms with Crippen molar-refractivity contribution < 1.29 is 5.11 Å².